The SMILES string of the molecule is CC(C)(C)c1cn(C2CCCCC2)c(=O)n1Cc1ccc(-c2ccccc2C(=O)O)cc1. The first-order chi connectivity index (χ1) is 15.3. The molecule has 1 aromatic heterocycles. The van der Waals surface area contributed by atoms with E-state index in [1.807, 2.05) is 45.5 Å². The average molecular weight is 433 g/mol. The molecule has 1 N–H and O–H groups in total. The molecule has 1 aliphatic carbocycles. The van der Waals surface area contributed by atoms with Crippen LogP contribution in [-0.2, 0) is 12.0 Å². The van der Waals surface area contributed by atoms with Gasteiger partial charge in [0.1, 0.15) is 0 Å². The van der Waals surface area contributed by atoms with Crippen LogP contribution in [0.15, 0.2) is 59.5 Å². The highest BCUT2D eigenvalue weighted by molar-refractivity contribution is 5.95. The van der Waals surface area contributed by atoms with Crippen molar-refractivity contribution in [2.75, 3.05) is 0 Å². The Morgan fingerprint density at radius 3 is 2.28 bits per heavy atom. The molecule has 5 heteroatoms. The normalized spacial score (nSPS) is 15.1. The zero-order chi connectivity index (χ0) is 22.9. The van der Waals surface area contributed by atoms with E-state index in [0.29, 0.717) is 18.2 Å². The molecule has 0 aliphatic heterocycles. The van der Waals surface area contributed by atoms with Crippen molar-refractivity contribution in [1.82, 2.24) is 9.13 Å². The highest BCUT2D eigenvalue weighted by Gasteiger charge is 2.26. The van der Waals surface area contributed by atoms with Gasteiger partial charge in [-0.1, -0.05) is 82.5 Å². The topological polar surface area (TPSA) is 64.2 Å². The number of hydrogen-bond acceptors (Lipinski definition) is 2. The molecule has 0 radical (unpaired) electrons. The van der Waals surface area contributed by atoms with Crippen molar-refractivity contribution in [1.29, 1.82) is 0 Å². The van der Waals surface area contributed by atoms with Crippen molar-refractivity contribution < 1.29 is 9.90 Å². The number of benzene rings is 2. The molecular formula is C27H32N2O3. The minimum Gasteiger partial charge on any atom is -0.478 e. The van der Waals surface area contributed by atoms with Gasteiger partial charge < -0.3 is 5.11 Å². The number of aromatic carboxylic acids is 1. The molecule has 0 atom stereocenters. The first kappa shape index (κ1) is 22.1. The van der Waals surface area contributed by atoms with Crippen LogP contribution in [0.3, 0.4) is 0 Å². The van der Waals surface area contributed by atoms with Gasteiger partial charge in [-0.3, -0.25) is 9.13 Å². The highest BCUT2D eigenvalue weighted by Crippen LogP contribution is 2.30. The fourth-order valence-corrected chi connectivity index (χ4v) is 4.76. The Kier molecular flexibility index (Phi) is 6.09. The highest BCUT2D eigenvalue weighted by atomic mass is 16.4. The Labute approximate surface area is 189 Å². The number of imidazole rings is 1. The van der Waals surface area contributed by atoms with Gasteiger partial charge in [-0.05, 0) is 35.6 Å². The molecule has 0 unspecified atom stereocenters. The summed E-state index contributed by atoms with van der Waals surface area (Å²) in [6.45, 7) is 6.95. The second-order valence-electron chi connectivity index (χ2n) is 9.88. The maximum Gasteiger partial charge on any atom is 0.336 e. The third kappa shape index (κ3) is 4.43. The van der Waals surface area contributed by atoms with Gasteiger partial charge in [0.15, 0.2) is 0 Å². The van der Waals surface area contributed by atoms with Gasteiger partial charge in [-0.25, -0.2) is 9.59 Å². The van der Waals surface area contributed by atoms with Crippen LogP contribution in [0.25, 0.3) is 11.1 Å². The van der Waals surface area contributed by atoms with Crippen LogP contribution in [0, 0.1) is 0 Å². The molecule has 5 nitrogen and oxygen atoms in total. The van der Waals surface area contributed by atoms with Gasteiger partial charge >= 0.3 is 11.7 Å². The van der Waals surface area contributed by atoms with E-state index in [4.69, 9.17) is 0 Å². The summed E-state index contributed by atoms with van der Waals surface area (Å²) >= 11 is 0. The van der Waals surface area contributed by atoms with Crippen molar-refractivity contribution in [3.8, 4) is 11.1 Å². The molecule has 0 amide bonds. The lowest BCUT2D eigenvalue weighted by atomic mass is 9.92. The summed E-state index contributed by atoms with van der Waals surface area (Å²) in [5.74, 6) is -0.935. The van der Waals surface area contributed by atoms with Crippen LogP contribution in [0.5, 0.6) is 0 Å². The third-order valence-electron chi connectivity index (χ3n) is 6.50. The van der Waals surface area contributed by atoms with E-state index in [-0.39, 0.29) is 16.7 Å². The maximum absolute atomic E-state index is 13.4. The summed E-state index contributed by atoms with van der Waals surface area (Å²) in [6, 6.07) is 15.2. The smallest absolute Gasteiger partial charge is 0.336 e. The number of rotatable bonds is 5. The van der Waals surface area contributed by atoms with Gasteiger partial charge in [0.05, 0.1) is 12.1 Å². The third-order valence-corrected chi connectivity index (χ3v) is 6.50. The zero-order valence-corrected chi connectivity index (χ0v) is 19.2. The van der Waals surface area contributed by atoms with Gasteiger partial charge in [0.2, 0.25) is 0 Å². The van der Waals surface area contributed by atoms with Crippen LogP contribution < -0.4 is 5.69 Å². The van der Waals surface area contributed by atoms with Gasteiger partial charge in [0.25, 0.3) is 0 Å². The second kappa shape index (κ2) is 8.81. The molecule has 168 valence electrons. The van der Waals surface area contributed by atoms with Crippen LogP contribution in [-0.4, -0.2) is 20.2 Å². The van der Waals surface area contributed by atoms with E-state index >= 15 is 0 Å². The van der Waals surface area contributed by atoms with Crippen molar-refractivity contribution in [2.45, 2.75) is 70.9 Å². The first-order valence-corrected chi connectivity index (χ1v) is 11.5. The number of carbonyl (C=O) groups is 1. The number of carboxylic acids is 1. The zero-order valence-electron chi connectivity index (χ0n) is 19.2. The van der Waals surface area contributed by atoms with Crippen LogP contribution in [0.4, 0.5) is 0 Å². The monoisotopic (exact) mass is 432 g/mol. The van der Waals surface area contributed by atoms with E-state index < -0.39 is 5.97 Å². The Morgan fingerprint density at radius 2 is 1.66 bits per heavy atom. The molecule has 2 aromatic carbocycles. The number of nitrogens with zero attached hydrogens (tertiary/aromatic N) is 2. The average Bonchev–Trinajstić information content (AvgIpc) is 3.11. The Balaban J connectivity index is 1.66. The molecule has 0 bridgehead atoms. The fourth-order valence-electron chi connectivity index (χ4n) is 4.76. The number of hydrogen-bond donors (Lipinski definition) is 1. The lowest BCUT2D eigenvalue weighted by Crippen LogP contribution is -2.30. The molecule has 3 aromatic rings. The molecule has 4 rings (SSSR count). The van der Waals surface area contributed by atoms with Crippen molar-refractivity contribution in [2.24, 2.45) is 0 Å². The van der Waals surface area contributed by atoms with Crippen molar-refractivity contribution in [3.63, 3.8) is 0 Å². The minimum atomic E-state index is -0.935. The molecule has 0 saturated heterocycles. The fraction of sp³-hybridized carbons (Fsp3) is 0.407. The predicted molar refractivity (Wildman–Crippen MR) is 127 cm³/mol. The van der Waals surface area contributed by atoms with Crippen LogP contribution in [0.1, 0.15) is 80.5 Å². The number of aromatic nitrogens is 2. The van der Waals surface area contributed by atoms with Gasteiger partial charge in [-0.2, -0.15) is 0 Å². The van der Waals surface area contributed by atoms with Crippen molar-refractivity contribution in [3.05, 3.63) is 82.0 Å². The summed E-state index contributed by atoms with van der Waals surface area (Å²) in [6.07, 6.45) is 7.86. The first-order valence-electron chi connectivity index (χ1n) is 11.5. The Hall–Kier alpha value is -3.08. The van der Waals surface area contributed by atoms with Crippen LogP contribution in [0.2, 0.25) is 0 Å². The predicted octanol–water partition coefficient (Wildman–Crippen LogP) is 5.87. The summed E-state index contributed by atoms with van der Waals surface area (Å²) in [4.78, 5) is 25.0. The largest absolute Gasteiger partial charge is 0.478 e. The van der Waals surface area contributed by atoms with E-state index in [9.17, 15) is 14.7 Å². The molecular weight excluding hydrogens is 400 g/mol. The summed E-state index contributed by atoms with van der Waals surface area (Å²) in [5, 5.41) is 9.48. The molecule has 1 heterocycles. The van der Waals surface area contributed by atoms with E-state index in [2.05, 4.69) is 27.0 Å². The molecule has 1 fully saturated rings. The quantitative estimate of drug-likeness (QED) is 0.549. The summed E-state index contributed by atoms with van der Waals surface area (Å²) in [7, 11) is 0. The molecule has 1 saturated carbocycles. The lowest BCUT2D eigenvalue weighted by molar-refractivity contribution is 0.0697. The summed E-state index contributed by atoms with van der Waals surface area (Å²) in [5.41, 5.74) is 3.85. The summed E-state index contributed by atoms with van der Waals surface area (Å²) < 4.78 is 3.88. The minimum absolute atomic E-state index is 0.0714. The lowest BCUT2D eigenvalue weighted by Gasteiger charge is -2.22. The van der Waals surface area contributed by atoms with Crippen LogP contribution >= 0.6 is 0 Å². The van der Waals surface area contributed by atoms with Crippen molar-refractivity contribution >= 4 is 5.97 Å². The molecule has 32 heavy (non-hydrogen) atoms. The Morgan fingerprint density at radius 1 is 1.00 bits per heavy atom. The van der Waals surface area contributed by atoms with E-state index in [1.54, 1.807) is 12.1 Å². The van der Waals surface area contributed by atoms with E-state index in [1.165, 1.54) is 19.3 Å². The molecule has 1 aliphatic rings. The Bertz CT molecular complexity index is 1160. The molecule has 0 spiro atoms. The standard InChI is InChI=1S/C27H32N2O3/c1-27(2,3)24-18-28(21-9-5-4-6-10-21)26(32)29(24)17-19-13-15-20(16-14-19)22-11-7-8-12-23(22)25(30)31/h7-8,11-16,18,21H,4-6,9-10,17H2,1-3H3,(H,30,31). The second-order valence-corrected chi connectivity index (χ2v) is 9.88. The van der Waals surface area contributed by atoms with Gasteiger partial charge in [-0.15, -0.1) is 0 Å². The van der Waals surface area contributed by atoms with E-state index in [0.717, 1.165) is 29.7 Å². The number of carboxylic acid groups (broad SMARTS) is 1. The maximum atomic E-state index is 13.4. The van der Waals surface area contributed by atoms with Gasteiger partial charge in [0, 0.05) is 23.3 Å².